The number of carbonyl (C=O) groups excluding carboxylic acids is 2. The highest BCUT2D eigenvalue weighted by molar-refractivity contribution is 5.91. The van der Waals surface area contributed by atoms with Crippen LogP contribution in [0.25, 0.3) is 10.9 Å². The summed E-state index contributed by atoms with van der Waals surface area (Å²) in [4.78, 5) is 29.6. The zero-order chi connectivity index (χ0) is 19.5. The monoisotopic (exact) mass is 378 g/mol. The van der Waals surface area contributed by atoms with Gasteiger partial charge < -0.3 is 25.6 Å². The molecule has 0 fully saturated rings. The molecule has 2 aromatic carbocycles. The van der Waals surface area contributed by atoms with E-state index in [-0.39, 0.29) is 30.7 Å². The molecule has 0 bridgehead atoms. The standard InChI is InChI=1S/C21H22N4O3/c26-15-7-5-14(6-8-15)23-20(27)9-11-22-21(28)25-12-10-17-16-3-1-2-4-18(16)24-19(17)13-25/h1-8,24,26H,9-13H2,(H,22,28)(H,23,27). The minimum atomic E-state index is -0.192. The van der Waals surface area contributed by atoms with Gasteiger partial charge in [-0.15, -0.1) is 0 Å². The van der Waals surface area contributed by atoms with Crippen molar-refractivity contribution >= 4 is 28.5 Å². The Bertz CT molecular complexity index is 1010. The lowest BCUT2D eigenvalue weighted by atomic mass is 10.0. The van der Waals surface area contributed by atoms with Gasteiger partial charge in [-0.3, -0.25) is 4.79 Å². The summed E-state index contributed by atoms with van der Waals surface area (Å²) in [5.41, 5.74) is 4.07. The van der Waals surface area contributed by atoms with Gasteiger partial charge >= 0.3 is 6.03 Å². The van der Waals surface area contributed by atoms with Gasteiger partial charge in [0.1, 0.15) is 5.75 Å². The van der Waals surface area contributed by atoms with Crippen molar-refractivity contribution in [2.45, 2.75) is 19.4 Å². The van der Waals surface area contributed by atoms with Crippen LogP contribution in [0.15, 0.2) is 48.5 Å². The molecule has 3 amide bonds. The zero-order valence-electron chi connectivity index (χ0n) is 15.4. The molecule has 2 heterocycles. The maximum Gasteiger partial charge on any atom is 0.317 e. The smallest absolute Gasteiger partial charge is 0.317 e. The summed E-state index contributed by atoms with van der Waals surface area (Å²) in [6.45, 7) is 1.45. The Balaban J connectivity index is 1.27. The van der Waals surface area contributed by atoms with E-state index in [1.165, 1.54) is 23.1 Å². The van der Waals surface area contributed by atoms with E-state index in [2.05, 4.69) is 21.7 Å². The second kappa shape index (κ2) is 7.64. The van der Waals surface area contributed by atoms with Crippen LogP contribution in [0.1, 0.15) is 17.7 Å². The molecular formula is C21H22N4O3. The van der Waals surface area contributed by atoms with Crippen LogP contribution in [0.4, 0.5) is 10.5 Å². The topological polar surface area (TPSA) is 97.5 Å². The molecule has 144 valence electrons. The number of aromatic nitrogens is 1. The van der Waals surface area contributed by atoms with Crippen LogP contribution in [0, 0.1) is 0 Å². The van der Waals surface area contributed by atoms with E-state index in [9.17, 15) is 14.7 Å². The minimum Gasteiger partial charge on any atom is -0.508 e. The number of amides is 3. The van der Waals surface area contributed by atoms with E-state index in [1.54, 1.807) is 17.0 Å². The first-order valence-corrected chi connectivity index (χ1v) is 9.30. The highest BCUT2D eigenvalue weighted by atomic mass is 16.3. The largest absolute Gasteiger partial charge is 0.508 e. The summed E-state index contributed by atoms with van der Waals surface area (Å²) in [6, 6.07) is 14.3. The number of H-pyrrole nitrogens is 1. The number of carbonyl (C=O) groups is 2. The van der Waals surface area contributed by atoms with Crippen LogP contribution >= 0.6 is 0 Å². The van der Waals surface area contributed by atoms with Crippen molar-refractivity contribution in [1.29, 1.82) is 0 Å². The first-order chi connectivity index (χ1) is 13.6. The SMILES string of the molecule is O=C(CCNC(=O)N1CCc2c([nH]c3ccccc23)C1)Nc1ccc(O)cc1. The third-order valence-corrected chi connectivity index (χ3v) is 4.95. The predicted molar refractivity (Wildman–Crippen MR) is 107 cm³/mol. The number of urea groups is 1. The number of anilines is 1. The molecule has 4 rings (SSSR count). The lowest BCUT2D eigenvalue weighted by Crippen LogP contribution is -2.43. The Labute approximate surface area is 162 Å². The Morgan fingerprint density at radius 2 is 1.89 bits per heavy atom. The van der Waals surface area contributed by atoms with Crippen LogP contribution in [0.2, 0.25) is 0 Å². The highest BCUT2D eigenvalue weighted by Gasteiger charge is 2.23. The highest BCUT2D eigenvalue weighted by Crippen LogP contribution is 2.27. The van der Waals surface area contributed by atoms with Gasteiger partial charge in [0, 0.05) is 41.8 Å². The number of aromatic amines is 1. The van der Waals surface area contributed by atoms with Gasteiger partial charge in [-0.05, 0) is 42.3 Å². The Hall–Kier alpha value is -3.48. The summed E-state index contributed by atoms with van der Waals surface area (Å²) >= 11 is 0. The average molecular weight is 378 g/mol. The second-order valence-corrected chi connectivity index (χ2v) is 6.88. The summed E-state index contributed by atoms with van der Waals surface area (Å²) in [5, 5.41) is 16.0. The molecule has 0 unspecified atom stereocenters. The maximum absolute atomic E-state index is 12.4. The number of benzene rings is 2. The fraction of sp³-hybridized carbons (Fsp3) is 0.238. The number of hydrogen-bond acceptors (Lipinski definition) is 3. The van der Waals surface area contributed by atoms with E-state index in [1.807, 2.05) is 18.2 Å². The van der Waals surface area contributed by atoms with Gasteiger partial charge in [0.15, 0.2) is 0 Å². The number of fused-ring (bicyclic) bond motifs is 3. The van der Waals surface area contributed by atoms with Crippen LogP contribution in [-0.2, 0) is 17.8 Å². The molecule has 0 saturated carbocycles. The first kappa shape index (κ1) is 17.9. The van der Waals surface area contributed by atoms with Crippen molar-refractivity contribution in [1.82, 2.24) is 15.2 Å². The molecule has 28 heavy (non-hydrogen) atoms. The fourth-order valence-corrected chi connectivity index (χ4v) is 3.53. The number of phenols is 1. The minimum absolute atomic E-state index is 0.143. The number of para-hydroxylation sites is 1. The van der Waals surface area contributed by atoms with Crippen molar-refractivity contribution in [2.75, 3.05) is 18.4 Å². The maximum atomic E-state index is 12.4. The van der Waals surface area contributed by atoms with Crippen molar-refractivity contribution < 1.29 is 14.7 Å². The predicted octanol–water partition coefficient (Wildman–Crippen LogP) is 2.97. The van der Waals surface area contributed by atoms with E-state index in [0.717, 1.165) is 17.6 Å². The molecule has 0 aliphatic carbocycles. The molecule has 0 radical (unpaired) electrons. The molecule has 0 spiro atoms. The van der Waals surface area contributed by atoms with Gasteiger partial charge in [0.05, 0.1) is 6.54 Å². The zero-order valence-corrected chi connectivity index (χ0v) is 15.4. The molecule has 7 nitrogen and oxygen atoms in total. The van der Waals surface area contributed by atoms with Crippen LogP contribution in [0.3, 0.4) is 0 Å². The quantitative estimate of drug-likeness (QED) is 0.526. The molecule has 0 atom stereocenters. The van der Waals surface area contributed by atoms with Crippen LogP contribution < -0.4 is 10.6 Å². The van der Waals surface area contributed by atoms with E-state index >= 15 is 0 Å². The van der Waals surface area contributed by atoms with Crippen LogP contribution in [-0.4, -0.2) is 40.0 Å². The van der Waals surface area contributed by atoms with Gasteiger partial charge in [-0.1, -0.05) is 18.2 Å². The summed E-state index contributed by atoms with van der Waals surface area (Å²) < 4.78 is 0. The number of hydrogen-bond donors (Lipinski definition) is 4. The van der Waals surface area contributed by atoms with Gasteiger partial charge in [-0.2, -0.15) is 0 Å². The van der Waals surface area contributed by atoms with E-state index < -0.39 is 0 Å². The Morgan fingerprint density at radius 1 is 1.11 bits per heavy atom. The fourth-order valence-electron chi connectivity index (χ4n) is 3.53. The van der Waals surface area contributed by atoms with Gasteiger partial charge in [0.25, 0.3) is 0 Å². The van der Waals surface area contributed by atoms with Crippen molar-refractivity contribution in [3.05, 3.63) is 59.8 Å². The van der Waals surface area contributed by atoms with Crippen molar-refractivity contribution in [3.8, 4) is 5.75 Å². The van der Waals surface area contributed by atoms with Crippen LogP contribution in [0.5, 0.6) is 5.75 Å². The number of rotatable bonds is 4. The summed E-state index contributed by atoms with van der Waals surface area (Å²) in [5.74, 6) is -0.0487. The molecule has 7 heteroatoms. The Morgan fingerprint density at radius 3 is 2.71 bits per heavy atom. The molecule has 0 saturated heterocycles. The Kier molecular flexibility index (Phi) is 4.89. The summed E-state index contributed by atoms with van der Waals surface area (Å²) in [7, 11) is 0. The van der Waals surface area contributed by atoms with E-state index in [0.29, 0.717) is 18.8 Å². The van der Waals surface area contributed by atoms with Gasteiger partial charge in [-0.25, -0.2) is 4.79 Å². The first-order valence-electron chi connectivity index (χ1n) is 9.30. The summed E-state index contributed by atoms with van der Waals surface area (Å²) in [6.07, 6.45) is 0.992. The number of nitrogens with zero attached hydrogens (tertiary/aromatic N) is 1. The molecule has 1 aromatic heterocycles. The third kappa shape index (κ3) is 3.78. The van der Waals surface area contributed by atoms with Crippen molar-refractivity contribution in [2.24, 2.45) is 0 Å². The third-order valence-electron chi connectivity index (χ3n) is 4.95. The molecule has 4 N–H and O–H groups in total. The molecule has 1 aliphatic heterocycles. The number of nitrogens with one attached hydrogen (secondary N) is 3. The number of phenolic OH excluding ortho intramolecular Hbond substituents is 1. The average Bonchev–Trinajstić information content (AvgIpc) is 3.07. The van der Waals surface area contributed by atoms with Gasteiger partial charge in [0.2, 0.25) is 5.91 Å². The number of aromatic hydroxyl groups is 1. The molecule has 3 aromatic rings. The molecule has 1 aliphatic rings. The normalized spacial score (nSPS) is 13.2. The lowest BCUT2D eigenvalue weighted by Gasteiger charge is -2.27. The van der Waals surface area contributed by atoms with E-state index in [4.69, 9.17) is 0 Å². The van der Waals surface area contributed by atoms with Crippen molar-refractivity contribution in [3.63, 3.8) is 0 Å². The molecular weight excluding hydrogens is 356 g/mol. The lowest BCUT2D eigenvalue weighted by molar-refractivity contribution is -0.116. The second-order valence-electron chi connectivity index (χ2n) is 6.88.